The van der Waals surface area contributed by atoms with Gasteiger partial charge in [0.25, 0.3) is 10.1 Å². The number of phenolic OH excluding ortho intramolecular Hbond substituents is 2. The van der Waals surface area contributed by atoms with E-state index in [4.69, 9.17) is 46.4 Å². The van der Waals surface area contributed by atoms with Crippen LogP contribution in [0.3, 0.4) is 0 Å². The summed E-state index contributed by atoms with van der Waals surface area (Å²) < 4.78 is 33.9. The third kappa shape index (κ3) is 3.54. The normalized spacial score (nSPS) is 13.8. The maximum atomic E-state index is 13.0. The van der Waals surface area contributed by atoms with Crippen molar-refractivity contribution in [3.05, 3.63) is 91.4 Å². The van der Waals surface area contributed by atoms with Crippen LogP contribution in [-0.2, 0) is 14.9 Å². The molecule has 0 spiro atoms. The average Bonchev–Trinajstić information content (AvgIpc) is 2.65. The van der Waals surface area contributed by atoms with Crippen LogP contribution in [0.15, 0.2) is 54.6 Å². The third-order valence-corrected chi connectivity index (χ3v) is 7.15. The molecule has 0 saturated carbocycles. The SMILES string of the molecule is O=S(=O)(O)C(c1ccccc1)(c1cc(Cl)ccc1O)c1c(O)c(Cl)cc(Cl)c1Cl. The van der Waals surface area contributed by atoms with Crippen molar-refractivity contribution in [3.8, 4) is 11.5 Å². The Morgan fingerprint density at radius 2 is 1.45 bits per heavy atom. The van der Waals surface area contributed by atoms with Gasteiger partial charge >= 0.3 is 0 Å². The molecule has 1 unspecified atom stereocenters. The molecular formula is C19H12Cl4O5S. The van der Waals surface area contributed by atoms with Crippen molar-refractivity contribution in [1.82, 2.24) is 0 Å². The minimum atomic E-state index is -5.18. The monoisotopic (exact) mass is 492 g/mol. The van der Waals surface area contributed by atoms with Crippen LogP contribution in [0, 0.1) is 0 Å². The zero-order chi connectivity index (χ0) is 21.6. The van der Waals surface area contributed by atoms with E-state index < -0.39 is 31.9 Å². The Bertz CT molecular complexity index is 1170. The van der Waals surface area contributed by atoms with Gasteiger partial charge in [0.15, 0.2) is 4.75 Å². The van der Waals surface area contributed by atoms with Crippen molar-refractivity contribution in [3.63, 3.8) is 0 Å². The van der Waals surface area contributed by atoms with Gasteiger partial charge in [0.1, 0.15) is 11.5 Å². The fourth-order valence-electron chi connectivity index (χ4n) is 3.22. The summed E-state index contributed by atoms with van der Waals surface area (Å²) in [6, 6.07) is 12.1. The molecule has 1 atom stereocenters. The largest absolute Gasteiger partial charge is 0.508 e. The van der Waals surface area contributed by atoms with Gasteiger partial charge in [0.05, 0.1) is 15.1 Å². The van der Waals surface area contributed by atoms with Crippen molar-refractivity contribution >= 4 is 56.5 Å². The van der Waals surface area contributed by atoms with Crippen LogP contribution < -0.4 is 0 Å². The molecule has 29 heavy (non-hydrogen) atoms. The molecule has 0 aliphatic carbocycles. The lowest BCUT2D eigenvalue weighted by molar-refractivity contribution is 0.428. The van der Waals surface area contributed by atoms with Crippen molar-refractivity contribution in [2.75, 3.05) is 0 Å². The van der Waals surface area contributed by atoms with Crippen LogP contribution in [0.5, 0.6) is 11.5 Å². The molecule has 0 aliphatic heterocycles. The highest BCUT2D eigenvalue weighted by molar-refractivity contribution is 7.87. The molecule has 0 saturated heterocycles. The molecule has 0 bridgehead atoms. The smallest absolute Gasteiger partial charge is 0.283 e. The number of hydrogen-bond acceptors (Lipinski definition) is 4. The van der Waals surface area contributed by atoms with E-state index in [1.54, 1.807) is 6.07 Å². The summed E-state index contributed by atoms with van der Waals surface area (Å²) in [5, 5.41) is 20.5. The highest BCUT2D eigenvalue weighted by Gasteiger charge is 2.53. The molecule has 152 valence electrons. The van der Waals surface area contributed by atoms with E-state index in [2.05, 4.69) is 0 Å². The number of phenols is 2. The van der Waals surface area contributed by atoms with Crippen molar-refractivity contribution in [2.45, 2.75) is 4.75 Å². The summed E-state index contributed by atoms with van der Waals surface area (Å²) in [6.07, 6.45) is 0. The van der Waals surface area contributed by atoms with E-state index in [1.807, 2.05) is 0 Å². The highest BCUT2D eigenvalue weighted by Crippen LogP contribution is 2.55. The minimum Gasteiger partial charge on any atom is -0.508 e. The Morgan fingerprint density at radius 3 is 2.03 bits per heavy atom. The van der Waals surface area contributed by atoms with E-state index in [1.165, 1.54) is 30.3 Å². The predicted octanol–water partition coefficient (Wildman–Crippen LogP) is 5.89. The Kier molecular flexibility index (Phi) is 5.98. The van der Waals surface area contributed by atoms with E-state index >= 15 is 0 Å². The second-order valence-electron chi connectivity index (χ2n) is 6.06. The fraction of sp³-hybridized carbons (Fsp3) is 0.0526. The molecule has 10 heteroatoms. The highest BCUT2D eigenvalue weighted by atomic mass is 35.5. The second kappa shape index (κ2) is 7.87. The van der Waals surface area contributed by atoms with Crippen molar-refractivity contribution in [1.29, 1.82) is 0 Å². The van der Waals surface area contributed by atoms with Gasteiger partial charge in [-0.05, 0) is 29.8 Å². The van der Waals surface area contributed by atoms with Gasteiger partial charge in [-0.15, -0.1) is 0 Å². The molecule has 5 nitrogen and oxygen atoms in total. The number of rotatable bonds is 4. The summed E-state index contributed by atoms with van der Waals surface area (Å²) in [5.74, 6) is -1.26. The first kappa shape index (κ1) is 22.0. The van der Waals surface area contributed by atoms with Crippen LogP contribution in [0.4, 0.5) is 0 Å². The first-order chi connectivity index (χ1) is 13.5. The molecule has 3 aromatic carbocycles. The Balaban J connectivity index is 2.69. The van der Waals surface area contributed by atoms with Crippen molar-refractivity contribution in [2.24, 2.45) is 0 Å². The zero-order valence-electron chi connectivity index (χ0n) is 14.3. The molecule has 3 rings (SSSR count). The summed E-state index contributed by atoms with van der Waals surface area (Å²) in [7, 11) is -5.18. The average molecular weight is 494 g/mol. The summed E-state index contributed by atoms with van der Waals surface area (Å²) in [5.41, 5.74) is -0.923. The van der Waals surface area contributed by atoms with Gasteiger partial charge in [-0.1, -0.05) is 76.7 Å². The first-order valence-corrected chi connectivity index (χ1v) is 10.9. The van der Waals surface area contributed by atoms with Crippen LogP contribution in [0.2, 0.25) is 20.1 Å². The molecule has 0 radical (unpaired) electrons. The van der Waals surface area contributed by atoms with Crippen LogP contribution >= 0.6 is 46.4 Å². The van der Waals surface area contributed by atoms with Crippen LogP contribution in [-0.4, -0.2) is 23.2 Å². The molecule has 0 aliphatic rings. The number of halogens is 4. The second-order valence-corrected chi connectivity index (χ2v) is 9.25. The standard InChI is InChI=1S/C19H12Cl4O5S/c20-11-6-7-15(24)12(8-11)19(29(26,27)28,10-4-2-1-3-5-10)16-17(23)13(21)9-14(22)18(16)25/h1-9,24-25H,(H,26,27,28). The zero-order valence-corrected chi connectivity index (χ0v) is 18.1. The Labute approximate surface area is 186 Å². The molecule has 0 amide bonds. The molecule has 3 N–H and O–H groups in total. The minimum absolute atomic E-state index is 0.0457. The number of aromatic hydroxyl groups is 2. The lowest BCUT2D eigenvalue weighted by Gasteiger charge is -2.34. The summed E-state index contributed by atoms with van der Waals surface area (Å²) in [4.78, 5) is 0. The lowest BCUT2D eigenvalue weighted by Crippen LogP contribution is -2.38. The van der Waals surface area contributed by atoms with Crippen LogP contribution in [0.1, 0.15) is 16.7 Å². The number of hydrogen-bond donors (Lipinski definition) is 3. The van der Waals surface area contributed by atoms with E-state index in [0.717, 1.165) is 18.2 Å². The third-order valence-electron chi connectivity index (χ3n) is 4.40. The topological polar surface area (TPSA) is 94.8 Å². The maximum absolute atomic E-state index is 13.0. The molecule has 3 aromatic rings. The lowest BCUT2D eigenvalue weighted by atomic mass is 9.83. The van der Waals surface area contributed by atoms with Gasteiger partial charge < -0.3 is 10.2 Å². The summed E-state index contributed by atoms with van der Waals surface area (Å²) >= 11 is 24.5. The maximum Gasteiger partial charge on any atom is 0.283 e. The van der Waals surface area contributed by atoms with Crippen LogP contribution in [0.25, 0.3) is 0 Å². The van der Waals surface area contributed by atoms with Gasteiger partial charge in [0, 0.05) is 16.1 Å². The van der Waals surface area contributed by atoms with E-state index in [0.29, 0.717) is 0 Å². The predicted molar refractivity (Wildman–Crippen MR) is 114 cm³/mol. The molecule has 0 fully saturated rings. The van der Waals surface area contributed by atoms with Gasteiger partial charge in [0.2, 0.25) is 0 Å². The fourth-order valence-corrected chi connectivity index (χ4v) is 5.53. The Morgan fingerprint density at radius 1 is 0.828 bits per heavy atom. The first-order valence-electron chi connectivity index (χ1n) is 7.90. The summed E-state index contributed by atoms with van der Waals surface area (Å²) in [6.45, 7) is 0. The number of benzene rings is 3. The molecule has 0 heterocycles. The van der Waals surface area contributed by atoms with Gasteiger partial charge in [-0.3, -0.25) is 4.55 Å². The Hall–Kier alpha value is -1.67. The molecule has 0 aromatic heterocycles. The van der Waals surface area contributed by atoms with Gasteiger partial charge in [-0.25, -0.2) is 0 Å². The quantitative estimate of drug-likeness (QED) is 0.239. The van der Waals surface area contributed by atoms with Crippen molar-refractivity contribution < 1.29 is 23.2 Å². The van der Waals surface area contributed by atoms with Gasteiger partial charge in [-0.2, -0.15) is 8.42 Å². The van der Waals surface area contributed by atoms with E-state index in [9.17, 15) is 23.2 Å². The molecular weight excluding hydrogens is 482 g/mol. The van der Waals surface area contributed by atoms with E-state index in [-0.39, 0.29) is 31.2 Å².